The summed E-state index contributed by atoms with van der Waals surface area (Å²) in [6.45, 7) is 4.32. The highest BCUT2D eigenvalue weighted by Crippen LogP contribution is 2.46. The second-order valence-corrected chi connectivity index (χ2v) is 5.64. The first-order valence-corrected chi connectivity index (χ1v) is 7.30. The Morgan fingerprint density at radius 2 is 1.58 bits per heavy atom. The first-order valence-electron chi connectivity index (χ1n) is 6.48. The molecule has 1 aliphatic heterocycles. The minimum Gasteiger partial charge on any atom is -0.502 e. The molecule has 19 heavy (non-hydrogen) atoms. The lowest BCUT2D eigenvalue weighted by Crippen LogP contribution is -2.10. The van der Waals surface area contributed by atoms with E-state index in [0.717, 1.165) is 6.42 Å². The highest BCUT2D eigenvalue weighted by atomic mass is 32.2. The third-order valence-electron chi connectivity index (χ3n) is 3.45. The smallest absolute Gasteiger partial charge is 0.0882 e. The highest BCUT2D eigenvalue weighted by molar-refractivity contribution is 7.99. The van der Waals surface area contributed by atoms with E-state index in [1.54, 1.807) is 0 Å². The molecule has 0 spiro atoms. The molecular weight excluding hydrogens is 252 g/mol. The molecule has 0 bridgehead atoms. The van der Waals surface area contributed by atoms with E-state index in [2.05, 4.69) is 55.1 Å². The van der Waals surface area contributed by atoms with Crippen LogP contribution < -0.4 is 0 Å². The molecule has 0 aliphatic carbocycles. The number of hydrogen-bond donors (Lipinski definition) is 0. The molecule has 0 fully saturated rings. The molecular formula is C17H16OS. The molecule has 1 aliphatic rings. The molecule has 0 saturated heterocycles. The van der Waals surface area contributed by atoms with Crippen molar-refractivity contribution < 1.29 is 4.74 Å². The van der Waals surface area contributed by atoms with Crippen molar-refractivity contribution in [3.8, 4) is 0 Å². The van der Waals surface area contributed by atoms with E-state index in [9.17, 15) is 0 Å². The Kier molecular flexibility index (Phi) is 3.60. The van der Waals surface area contributed by atoms with Gasteiger partial charge in [0.15, 0.2) is 0 Å². The standard InChI is InChI=1S/C17H16OS/c1-2-18-12-11-13-14-7-3-5-9-16(14)19-17-10-6-4-8-15(13)17/h2-10,13H,1,11-12H2. The van der Waals surface area contributed by atoms with Gasteiger partial charge >= 0.3 is 0 Å². The number of rotatable bonds is 4. The van der Waals surface area contributed by atoms with Gasteiger partial charge in [0.2, 0.25) is 0 Å². The second-order valence-electron chi connectivity index (χ2n) is 4.56. The van der Waals surface area contributed by atoms with E-state index in [4.69, 9.17) is 4.74 Å². The summed E-state index contributed by atoms with van der Waals surface area (Å²) in [5.74, 6) is 0.425. The van der Waals surface area contributed by atoms with Crippen LogP contribution in [0.1, 0.15) is 23.5 Å². The monoisotopic (exact) mass is 268 g/mol. The Morgan fingerprint density at radius 1 is 1.00 bits per heavy atom. The van der Waals surface area contributed by atoms with Crippen molar-refractivity contribution in [2.75, 3.05) is 6.61 Å². The fourth-order valence-corrected chi connectivity index (χ4v) is 3.78. The van der Waals surface area contributed by atoms with Gasteiger partial charge < -0.3 is 4.74 Å². The summed E-state index contributed by atoms with van der Waals surface area (Å²) < 4.78 is 5.32. The molecule has 0 radical (unpaired) electrons. The van der Waals surface area contributed by atoms with Crippen LogP contribution in [-0.2, 0) is 4.74 Å². The lowest BCUT2D eigenvalue weighted by molar-refractivity contribution is 0.240. The molecule has 2 aromatic carbocycles. The van der Waals surface area contributed by atoms with E-state index in [1.807, 2.05) is 11.8 Å². The largest absolute Gasteiger partial charge is 0.502 e. The van der Waals surface area contributed by atoms with Gasteiger partial charge in [-0.25, -0.2) is 0 Å². The Balaban J connectivity index is 1.98. The summed E-state index contributed by atoms with van der Waals surface area (Å²) in [6, 6.07) is 17.3. The molecule has 0 aromatic heterocycles. The van der Waals surface area contributed by atoms with Crippen LogP contribution in [0.25, 0.3) is 0 Å². The average Bonchev–Trinajstić information content (AvgIpc) is 2.46. The van der Waals surface area contributed by atoms with Gasteiger partial charge in [0, 0.05) is 15.7 Å². The van der Waals surface area contributed by atoms with E-state index in [-0.39, 0.29) is 0 Å². The average molecular weight is 268 g/mol. The SMILES string of the molecule is C=COCCC1c2ccccc2Sc2ccccc21. The van der Waals surface area contributed by atoms with Gasteiger partial charge in [0.1, 0.15) is 0 Å². The molecule has 0 saturated carbocycles. The van der Waals surface area contributed by atoms with Gasteiger partial charge in [-0.05, 0) is 29.7 Å². The summed E-state index contributed by atoms with van der Waals surface area (Å²) in [5.41, 5.74) is 2.83. The molecule has 2 aromatic rings. The van der Waals surface area contributed by atoms with Crippen LogP contribution in [0.15, 0.2) is 71.2 Å². The Bertz CT molecular complexity index is 546. The summed E-state index contributed by atoms with van der Waals surface area (Å²) in [7, 11) is 0. The van der Waals surface area contributed by atoms with Gasteiger partial charge in [-0.3, -0.25) is 0 Å². The van der Waals surface area contributed by atoms with Crippen LogP contribution in [0.2, 0.25) is 0 Å². The predicted octanol–water partition coefficient (Wildman–Crippen LogP) is 4.83. The first kappa shape index (κ1) is 12.4. The lowest BCUT2D eigenvalue weighted by Gasteiger charge is -2.27. The van der Waals surface area contributed by atoms with Gasteiger partial charge in [-0.1, -0.05) is 54.7 Å². The van der Waals surface area contributed by atoms with Crippen molar-refractivity contribution in [3.63, 3.8) is 0 Å². The summed E-state index contributed by atoms with van der Waals surface area (Å²) in [6.07, 6.45) is 2.51. The predicted molar refractivity (Wildman–Crippen MR) is 79.6 cm³/mol. The molecule has 0 N–H and O–H groups in total. The molecule has 1 nitrogen and oxygen atoms in total. The minimum atomic E-state index is 0.425. The summed E-state index contributed by atoms with van der Waals surface area (Å²) in [5, 5.41) is 0. The van der Waals surface area contributed by atoms with E-state index < -0.39 is 0 Å². The second kappa shape index (κ2) is 5.54. The molecule has 3 rings (SSSR count). The fourth-order valence-electron chi connectivity index (χ4n) is 2.59. The lowest BCUT2D eigenvalue weighted by atomic mass is 9.88. The van der Waals surface area contributed by atoms with E-state index in [0.29, 0.717) is 12.5 Å². The molecule has 1 heterocycles. The van der Waals surface area contributed by atoms with Gasteiger partial charge in [0.25, 0.3) is 0 Å². The zero-order valence-electron chi connectivity index (χ0n) is 10.7. The van der Waals surface area contributed by atoms with Crippen LogP contribution in [0, 0.1) is 0 Å². The van der Waals surface area contributed by atoms with Crippen LogP contribution in [0.3, 0.4) is 0 Å². The molecule has 2 heteroatoms. The van der Waals surface area contributed by atoms with Crippen molar-refractivity contribution >= 4 is 11.8 Å². The van der Waals surface area contributed by atoms with Crippen molar-refractivity contribution in [2.24, 2.45) is 0 Å². The Morgan fingerprint density at radius 3 is 2.16 bits per heavy atom. The number of fused-ring (bicyclic) bond motifs is 2. The maximum atomic E-state index is 5.32. The zero-order valence-corrected chi connectivity index (χ0v) is 11.5. The van der Waals surface area contributed by atoms with Crippen molar-refractivity contribution in [1.82, 2.24) is 0 Å². The van der Waals surface area contributed by atoms with Gasteiger partial charge in [0.05, 0.1) is 12.9 Å². The van der Waals surface area contributed by atoms with Gasteiger partial charge in [-0.15, -0.1) is 0 Å². The summed E-state index contributed by atoms with van der Waals surface area (Å²) >= 11 is 1.86. The number of benzene rings is 2. The number of ether oxygens (including phenoxy) is 1. The molecule has 0 atom stereocenters. The normalized spacial score (nSPS) is 13.5. The van der Waals surface area contributed by atoms with Gasteiger partial charge in [-0.2, -0.15) is 0 Å². The Hall–Kier alpha value is -1.67. The Labute approximate surface area is 118 Å². The van der Waals surface area contributed by atoms with E-state index >= 15 is 0 Å². The quantitative estimate of drug-likeness (QED) is 0.580. The summed E-state index contributed by atoms with van der Waals surface area (Å²) in [4.78, 5) is 2.73. The van der Waals surface area contributed by atoms with Crippen LogP contribution in [-0.4, -0.2) is 6.61 Å². The number of hydrogen-bond acceptors (Lipinski definition) is 2. The molecule has 0 unspecified atom stereocenters. The third-order valence-corrected chi connectivity index (χ3v) is 4.63. The molecule has 0 amide bonds. The first-order chi connectivity index (χ1) is 9.40. The van der Waals surface area contributed by atoms with Crippen molar-refractivity contribution in [2.45, 2.75) is 22.1 Å². The fraction of sp³-hybridized carbons (Fsp3) is 0.176. The topological polar surface area (TPSA) is 9.23 Å². The highest BCUT2D eigenvalue weighted by Gasteiger charge is 2.25. The van der Waals surface area contributed by atoms with Crippen LogP contribution in [0.5, 0.6) is 0 Å². The van der Waals surface area contributed by atoms with Crippen LogP contribution in [0.4, 0.5) is 0 Å². The maximum absolute atomic E-state index is 5.32. The maximum Gasteiger partial charge on any atom is 0.0882 e. The van der Waals surface area contributed by atoms with Crippen molar-refractivity contribution in [3.05, 3.63) is 72.5 Å². The van der Waals surface area contributed by atoms with Crippen LogP contribution >= 0.6 is 11.8 Å². The molecule has 96 valence electrons. The minimum absolute atomic E-state index is 0.425. The third kappa shape index (κ3) is 2.41. The van der Waals surface area contributed by atoms with Crippen molar-refractivity contribution in [1.29, 1.82) is 0 Å². The van der Waals surface area contributed by atoms with E-state index in [1.165, 1.54) is 27.2 Å². The zero-order chi connectivity index (χ0) is 13.1.